The largest absolute Gasteiger partial charge is 0.329 e. The minimum Gasteiger partial charge on any atom is -0.325 e. The predicted octanol–water partition coefficient (Wildman–Crippen LogP) is 4.19. The van der Waals surface area contributed by atoms with Gasteiger partial charge in [-0.3, -0.25) is 9.59 Å². The highest BCUT2D eigenvalue weighted by atomic mass is 16.2. The summed E-state index contributed by atoms with van der Waals surface area (Å²) in [5, 5.41) is 5.25. The number of hydrogen-bond donors (Lipinski definition) is 2. The predicted molar refractivity (Wildman–Crippen MR) is 120 cm³/mol. The van der Waals surface area contributed by atoms with Crippen molar-refractivity contribution < 1.29 is 14.4 Å². The van der Waals surface area contributed by atoms with Gasteiger partial charge in [-0.1, -0.05) is 66.7 Å². The molecule has 3 aromatic rings. The van der Waals surface area contributed by atoms with Gasteiger partial charge in [-0.15, -0.1) is 0 Å². The molecule has 31 heavy (non-hydrogen) atoms. The van der Waals surface area contributed by atoms with Gasteiger partial charge in [0.2, 0.25) is 5.91 Å². The Morgan fingerprint density at radius 3 is 2.35 bits per heavy atom. The lowest BCUT2D eigenvalue weighted by atomic mass is 10.0. The first-order valence-corrected chi connectivity index (χ1v) is 9.86. The smallest absolute Gasteiger partial charge is 0.325 e. The van der Waals surface area contributed by atoms with Crippen molar-refractivity contribution in [2.45, 2.75) is 6.92 Å². The second kappa shape index (κ2) is 8.67. The van der Waals surface area contributed by atoms with E-state index >= 15 is 0 Å². The second-order valence-corrected chi connectivity index (χ2v) is 7.29. The van der Waals surface area contributed by atoms with Crippen LogP contribution < -0.4 is 10.6 Å². The third-order valence-electron chi connectivity index (χ3n) is 4.89. The van der Waals surface area contributed by atoms with Gasteiger partial charge in [-0.2, -0.15) is 0 Å². The lowest BCUT2D eigenvalue weighted by Crippen LogP contribution is -2.38. The van der Waals surface area contributed by atoms with E-state index in [0.29, 0.717) is 5.69 Å². The van der Waals surface area contributed by atoms with Gasteiger partial charge >= 0.3 is 6.03 Å². The quantitative estimate of drug-likeness (QED) is 0.488. The fourth-order valence-corrected chi connectivity index (χ4v) is 3.35. The third-order valence-corrected chi connectivity index (χ3v) is 4.89. The Bertz CT molecular complexity index is 1170. The summed E-state index contributed by atoms with van der Waals surface area (Å²) in [7, 11) is 0. The van der Waals surface area contributed by atoms with Gasteiger partial charge in [0, 0.05) is 5.69 Å². The van der Waals surface area contributed by atoms with E-state index in [-0.39, 0.29) is 12.2 Å². The van der Waals surface area contributed by atoms with Crippen LogP contribution in [0.2, 0.25) is 0 Å². The Balaban J connectivity index is 1.44. The average Bonchev–Trinajstić information content (AvgIpc) is 3.02. The first-order chi connectivity index (χ1) is 15.0. The summed E-state index contributed by atoms with van der Waals surface area (Å²) in [6.45, 7) is 1.56. The van der Waals surface area contributed by atoms with Crippen LogP contribution in [-0.4, -0.2) is 29.3 Å². The van der Waals surface area contributed by atoms with E-state index in [0.717, 1.165) is 27.2 Å². The second-order valence-electron chi connectivity index (χ2n) is 7.29. The van der Waals surface area contributed by atoms with Crippen LogP contribution in [0, 0.1) is 6.92 Å². The number of hydrogen-bond acceptors (Lipinski definition) is 3. The molecule has 1 aliphatic heterocycles. The van der Waals surface area contributed by atoms with Crippen LogP contribution in [0.4, 0.5) is 10.5 Å². The van der Waals surface area contributed by atoms with E-state index in [1.54, 1.807) is 12.1 Å². The Labute approximate surface area is 180 Å². The number of aryl methyl sites for hydroxylation is 1. The summed E-state index contributed by atoms with van der Waals surface area (Å²) in [5.74, 6) is -0.973. The summed E-state index contributed by atoms with van der Waals surface area (Å²) in [6, 6.07) is 24.3. The third kappa shape index (κ3) is 4.70. The molecule has 1 saturated heterocycles. The number of urea groups is 1. The molecule has 0 saturated carbocycles. The van der Waals surface area contributed by atoms with E-state index in [1.807, 2.05) is 79.7 Å². The molecule has 0 aliphatic carbocycles. The van der Waals surface area contributed by atoms with Crippen LogP contribution in [0.5, 0.6) is 0 Å². The molecule has 1 heterocycles. The highest BCUT2D eigenvalue weighted by Gasteiger charge is 2.34. The molecule has 2 N–H and O–H groups in total. The van der Waals surface area contributed by atoms with Crippen molar-refractivity contribution in [3.8, 4) is 11.1 Å². The van der Waals surface area contributed by atoms with E-state index in [4.69, 9.17) is 0 Å². The van der Waals surface area contributed by atoms with Crippen molar-refractivity contribution in [2.24, 2.45) is 0 Å². The molecule has 1 aliphatic rings. The van der Waals surface area contributed by atoms with Gasteiger partial charge in [0.15, 0.2) is 0 Å². The SMILES string of the molecule is Cc1cccc(NC(=O)CN2C(=O)NC(=Cc3ccc(-c4ccccc4)cc3)C2=O)c1. The van der Waals surface area contributed by atoms with E-state index < -0.39 is 17.8 Å². The number of carbonyl (C=O) groups is 3. The van der Waals surface area contributed by atoms with Crippen LogP contribution in [-0.2, 0) is 9.59 Å². The Morgan fingerprint density at radius 2 is 1.65 bits per heavy atom. The van der Waals surface area contributed by atoms with Gasteiger partial charge in [0.1, 0.15) is 12.2 Å². The van der Waals surface area contributed by atoms with Gasteiger partial charge < -0.3 is 10.6 Å². The van der Waals surface area contributed by atoms with Crippen LogP contribution >= 0.6 is 0 Å². The number of nitrogens with zero attached hydrogens (tertiary/aromatic N) is 1. The van der Waals surface area contributed by atoms with Crippen molar-refractivity contribution in [2.75, 3.05) is 11.9 Å². The molecule has 1 fully saturated rings. The van der Waals surface area contributed by atoms with Crippen molar-refractivity contribution in [1.29, 1.82) is 0 Å². The number of rotatable bonds is 5. The first kappa shape index (κ1) is 20.1. The maximum absolute atomic E-state index is 12.6. The average molecular weight is 411 g/mol. The molecule has 0 radical (unpaired) electrons. The van der Waals surface area contributed by atoms with Crippen molar-refractivity contribution >= 4 is 29.6 Å². The monoisotopic (exact) mass is 411 g/mol. The molecule has 6 nitrogen and oxygen atoms in total. The van der Waals surface area contributed by atoms with Crippen molar-refractivity contribution in [3.63, 3.8) is 0 Å². The van der Waals surface area contributed by atoms with Crippen molar-refractivity contribution in [3.05, 3.63) is 95.7 Å². The molecule has 4 amide bonds. The molecule has 0 aromatic heterocycles. The van der Waals surface area contributed by atoms with Gasteiger partial charge in [-0.05, 0) is 47.4 Å². The van der Waals surface area contributed by atoms with Crippen LogP contribution in [0.1, 0.15) is 11.1 Å². The van der Waals surface area contributed by atoms with E-state index in [9.17, 15) is 14.4 Å². The number of imide groups is 1. The number of nitrogens with one attached hydrogen (secondary N) is 2. The zero-order chi connectivity index (χ0) is 21.8. The molecular formula is C25H21N3O3. The van der Waals surface area contributed by atoms with Gasteiger partial charge in [-0.25, -0.2) is 9.69 Å². The minimum absolute atomic E-state index is 0.140. The molecule has 6 heteroatoms. The Kier molecular flexibility index (Phi) is 5.62. The van der Waals surface area contributed by atoms with E-state index in [2.05, 4.69) is 10.6 Å². The molecular weight excluding hydrogens is 390 g/mol. The lowest BCUT2D eigenvalue weighted by molar-refractivity contribution is -0.127. The molecule has 4 rings (SSSR count). The molecule has 0 spiro atoms. The zero-order valence-electron chi connectivity index (χ0n) is 17.0. The summed E-state index contributed by atoms with van der Waals surface area (Å²) in [5.41, 5.74) is 4.68. The van der Waals surface area contributed by atoms with Crippen LogP contribution in [0.15, 0.2) is 84.6 Å². The maximum atomic E-state index is 12.6. The first-order valence-electron chi connectivity index (χ1n) is 9.86. The summed E-state index contributed by atoms with van der Waals surface area (Å²) in [4.78, 5) is 38.1. The molecule has 0 bridgehead atoms. The Morgan fingerprint density at radius 1 is 0.935 bits per heavy atom. The topological polar surface area (TPSA) is 78.5 Å². The van der Waals surface area contributed by atoms with Gasteiger partial charge in [0.05, 0.1) is 0 Å². The van der Waals surface area contributed by atoms with Crippen LogP contribution in [0.25, 0.3) is 17.2 Å². The van der Waals surface area contributed by atoms with Crippen molar-refractivity contribution in [1.82, 2.24) is 10.2 Å². The number of amides is 4. The highest BCUT2D eigenvalue weighted by Crippen LogP contribution is 2.21. The fourth-order valence-electron chi connectivity index (χ4n) is 3.35. The minimum atomic E-state index is -0.614. The van der Waals surface area contributed by atoms with E-state index in [1.165, 1.54) is 0 Å². The summed E-state index contributed by atoms with van der Waals surface area (Å²) >= 11 is 0. The number of carbonyl (C=O) groups excluding carboxylic acids is 3. The summed E-state index contributed by atoms with van der Waals surface area (Å²) in [6.07, 6.45) is 1.60. The molecule has 3 aromatic carbocycles. The molecule has 154 valence electrons. The Hall–Kier alpha value is -4.19. The highest BCUT2D eigenvalue weighted by molar-refractivity contribution is 6.15. The molecule has 0 unspecified atom stereocenters. The van der Waals surface area contributed by atoms with Gasteiger partial charge in [0.25, 0.3) is 5.91 Å². The summed E-state index contributed by atoms with van der Waals surface area (Å²) < 4.78 is 0. The number of benzene rings is 3. The molecule has 0 atom stereocenters. The normalized spacial score (nSPS) is 14.6. The maximum Gasteiger partial charge on any atom is 0.329 e. The standard InChI is InChI=1S/C25H21N3O3/c1-17-6-5-9-21(14-17)26-23(29)16-28-24(30)22(27-25(28)31)15-18-10-12-20(13-11-18)19-7-3-2-4-8-19/h2-15H,16H2,1H3,(H,26,29)(H,27,31). The fraction of sp³-hybridized carbons (Fsp3) is 0.0800. The number of anilines is 1. The van der Waals surface area contributed by atoms with Crippen LogP contribution in [0.3, 0.4) is 0 Å². The lowest BCUT2D eigenvalue weighted by Gasteiger charge is -2.12. The zero-order valence-corrected chi connectivity index (χ0v) is 17.0.